The van der Waals surface area contributed by atoms with E-state index < -0.39 is 0 Å². The van der Waals surface area contributed by atoms with Gasteiger partial charge < -0.3 is 15.2 Å². The van der Waals surface area contributed by atoms with Gasteiger partial charge in [0, 0.05) is 31.5 Å². The van der Waals surface area contributed by atoms with E-state index in [1.54, 1.807) is 17.0 Å². The molecule has 1 fully saturated rings. The molecule has 1 atom stereocenters. The van der Waals surface area contributed by atoms with E-state index in [1.807, 2.05) is 0 Å². The summed E-state index contributed by atoms with van der Waals surface area (Å²) in [5, 5.41) is 6.45. The lowest BCUT2D eigenvalue weighted by atomic mass is 10.2. The Morgan fingerprint density at radius 3 is 3.25 bits per heavy atom. The maximum absolute atomic E-state index is 12.0. The fourth-order valence-corrected chi connectivity index (χ4v) is 1.93. The van der Waals surface area contributed by atoms with Crippen molar-refractivity contribution < 1.29 is 0 Å². The maximum Gasteiger partial charge on any atom is 0.293 e. The molecule has 2 N–H and O–H groups in total. The van der Waals surface area contributed by atoms with Gasteiger partial charge in [-0.25, -0.2) is 4.98 Å². The summed E-state index contributed by atoms with van der Waals surface area (Å²) >= 11 is 0. The van der Waals surface area contributed by atoms with Crippen LogP contribution in [0.25, 0.3) is 0 Å². The van der Waals surface area contributed by atoms with Crippen LogP contribution in [0.1, 0.15) is 19.8 Å². The van der Waals surface area contributed by atoms with E-state index in [4.69, 9.17) is 0 Å². The largest absolute Gasteiger partial charge is 0.361 e. The third-order valence-corrected chi connectivity index (χ3v) is 2.78. The van der Waals surface area contributed by atoms with Crippen molar-refractivity contribution in [3.05, 3.63) is 22.7 Å². The Balaban J connectivity index is 2.13. The number of hydrogen-bond donors (Lipinski definition) is 2. The zero-order chi connectivity index (χ0) is 11.4. The number of rotatable bonds is 4. The van der Waals surface area contributed by atoms with Gasteiger partial charge in [0.05, 0.1) is 0 Å². The van der Waals surface area contributed by atoms with Gasteiger partial charge in [-0.15, -0.1) is 0 Å². The second-order valence-corrected chi connectivity index (χ2v) is 4.11. The van der Waals surface area contributed by atoms with Gasteiger partial charge in [0.25, 0.3) is 5.56 Å². The highest BCUT2D eigenvalue weighted by Crippen LogP contribution is 2.04. The smallest absolute Gasteiger partial charge is 0.293 e. The monoisotopic (exact) mass is 222 g/mol. The normalized spacial score (nSPS) is 19.9. The molecule has 88 valence electrons. The molecule has 1 saturated heterocycles. The highest BCUT2D eigenvalue weighted by atomic mass is 16.1. The molecule has 16 heavy (non-hydrogen) atoms. The van der Waals surface area contributed by atoms with E-state index in [0.717, 1.165) is 32.5 Å². The molecule has 5 nitrogen and oxygen atoms in total. The lowest BCUT2D eigenvalue weighted by Crippen LogP contribution is -2.30. The lowest BCUT2D eigenvalue weighted by molar-refractivity contribution is 0.646. The molecular weight excluding hydrogens is 204 g/mol. The maximum atomic E-state index is 12.0. The van der Waals surface area contributed by atoms with E-state index >= 15 is 0 Å². The van der Waals surface area contributed by atoms with Crippen LogP contribution in [0.4, 0.5) is 5.82 Å². The first-order valence-corrected chi connectivity index (χ1v) is 5.84. The van der Waals surface area contributed by atoms with Gasteiger partial charge in [-0.1, -0.05) is 6.92 Å². The average Bonchev–Trinajstić information content (AvgIpc) is 2.77. The molecular formula is C11H18N4O. The summed E-state index contributed by atoms with van der Waals surface area (Å²) in [5.41, 5.74) is -0.0174. The Labute approximate surface area is 94.9 Å². The summed E-state index contributed by atoms with van der Waals surface area (Å²) in [4.78, 5) is 16.1. The minimum Gasteiger partial charge on any atom is -0.361 e. The van der Waals surface area contributed by atoms with Crippen LogP contribution in [-0.4, -0.2) is 28.7 Å². The first kappa shape index (κ1) is 11.1. The number of nitrogens with one attached hydrogen (secondary N) is 2. The highest BCUT2D eigenvalue weighted by Gasteiger charge is 2.16. The molecule has 5 heteroatoms. The number of anilines is 1. The Kier molecular flexibility index (Phi) is 3.56. The molecule has 0 aliphatic carbocycles. The van der Waals surface area contributed by atoms with Gasteiger partial charge in [0.15, 0.2) is 5.82 Å². The van der Waals surface area contributed by atoms with Gasteiger partial charge in [-0.2, -0.15) is 0 Å². The number of nitrogens with zero attached hydrogens (tertiary/aromatic N) is 2. The van der Waals surface area contributed by atoms with Crippen molar-refractivity contribution in [3.63, 3.8) is 0 Å². The van der Waals surface area contributed by atoms with Crippen LogP contribution < -0.4 is 16.2 Å². The molecule has 1 aromatic heterocycles. The summed E-state index contributed by atoms with van der Waals surface area (Å²) < 4.78 is 1.71. The topological polar surface area (TPSA) is 59.0 Å². The first-order valence-electron chi connectivity index (χ1n) is 5.84. The fourth-order valence-electron chi connectivity index (χ4n) is 1.93. The van der Waals surface area contributed by atoms with E-state index in [0.29, 0.717) is 11.9 Å². The fraction of sp³-hybridized carbons (Fsp3) is 0.636. The van der Waals surface area contributed by atoms with Crippen LogP contribution in [0.3, 0.4) is 0 Å². The zero-order valence-electron chi connectivity index (χ0n) is 9.57. The molecule has 0 saturated carbocycles. The predicted octanol–water partition coefficient (Wildman–Crippen LogP) is 0.427. The molecule has 0 radical (unpaired) electrons. The van der Waals surface area contributed by atoms with E-state index in [-0.39, 0.29) is 5.56 Å². The SMILES string of the molecule is CCCn1ccnc(NC2CCNC2)c1=O. The predicted molar refractivity (Wildman–Crippen MR) is 63.7 cm³/mol. The molecule has 1 aromatic rings. The summed E-state index contributed by atoms with van der Waals surface area (Å²) in [5.74, 6) is 0.477. The summed E-state index contributed by atoms with van der Waals surface area (Å²) in [7, 11) is 0. The lowest BCUT2D eigenvalue weighted by Gasteiger charge is -2.12. The van der Waals surface area contributed by atoms with E-state index in [1.165, 1.54) is 0 Å². The molecule has 0 aromatic carbocycles. The molecule has 0 amide bonds. The second kappa shape index (κ2) is 5.12. The standard InChI is InChI=1S/C11H18N4O/c1-2-6-15-7-5-13-10(11(15)16)14-9-3-4-12-8-9/h5,7,9,12H,2-4,6,8H2,1H3,(H,13,14). The summed E-state index contributed by atoms with van der Waals surface area (Å²) in [6.07, 6.45) is 5.42. The van der Waals surface area contributed by atoms with Gasteiger partial charge in [-0.3, -0.25) is 4.79 Å². The average molecular weight is 222 g/mol. The molecule has 2 rings (SSSR count). The van der Waals surface area contributed by atoms with Crippen molar-refractivity contribution in [2.45, 2.75) is 32.4 Å². The van der Waals surface area contributed by atoms with Crippen molar-refractivity contribution in [1.82, 2.24) is 14.9 Å². The zero-order valence-corrected chi connectivity index (χ0v) is 9.57. The second-order valence-electron chi connectivity index (χ2n) is 4.11. The van der Waals surface area contributed by atoms with Gasteiger partial charge in [0.1, 0.15) is 0 Å². The Bertz CT molecular complexity index is 395. The van der Waals surface area contributed by atoms with Crippen LogP contribution in [0.2, 0.25) is 0 Å². The van der Waals surface area contributed by atoms with Crippen molar-refractivity contribution in [2.75, 3.05) is 18.4 Å². The molecule has 1 aliphatic rings. The van der Waals surface area contributed by atoms with Crippen molar-refractivity contribution >= 4 is 5.82 Å². The summed E-state index contributed by atoms with van der Waals surface area (Å²) in [6.45, 7) is 4.72. The Hall–Kier alpha value is -1.36. The number of aromatic nitrogens is 2. The minimum atomic E-state index is -0.0174. The summed E-state index contributed by atoms with van der Waals surface area (Å²) in [6, 6.07) is 0.331. The van der Waals surface area contributed by atoms with Gasteiger partial charge in [-0.05, 0) is 19.4 Å². The third-order valence-electron chi connectivity index (χ3n) is 2.78. The third kappa shape index (κ3) is 2.41. The number of hydrogen-bond acceptors (Lipinski definition) is 4. The van der Waals surface area contributed by atoms with E-state index in [2.05, 4.69) is 22.5 Å². The van der Waals surface area contributed by atoms with Crippen molar-refractivity contribution in [2.24, 2.45) is 0 Å². The molecule has 1 unspecified atom stereocenters. The Morgan fingerprint density at radius 1 is 1.69 bits per heavy atom. The van der Waals surface area contributed by atoms with Crippen LogP contribution >= 0.6 is 0 Å². The molecule has 2 heterocycles. The quantitative estimate of drug-likeness (QED) is 0.775. The Morgan fingerprint density at radius 2 is 2.56 bits per heavy atom. The van der Waals surface area contributed by atoms with Crippen LogP contribution in [-0.2, 0) is 6.54 Å². The van der Waals surface area contributed by atoms with Crippen molar-refractivity contribution in [3.8, 4) is 0 Å². The van der Waals surface area contributed by atoms with Crippen LogP contribution in [0.5, 0.6) is 0 Å². The highest BCUT2D eigenvalue weighted by molar-refractivity contribution is 5.32. The first-order chi connectivity index (χ1) is 7.81. The molecule has 0 spiro atoms. The van der Waals surface area contributed by atoms with Crippen LogP contribution in [0, 0.1) is 0 Å². The molecule has 1 aliphatic heterocycles. The van der Waals surface area contributed by atoms with Gasteiger partial charge in [0.2, 0.25) is 0 Å². The van der Waals surface area contributed by atoms with Crippen molar-refractivity contribution in [1.29, 1.82) is 0 Å². The van der Waals surface area contributed by atoms with E-state index in [9.17, 15) is 4.79 Å². The minimum absolute atomic E-state index is 0.0174. The molecule has 0 bridgehead atoms. The van der Waals surface area contributed by atoms with Crippen LogP contribution in [0.15, 0.2) is 17.2 Å². The van der Waals surface area contributed by atoms with Gasteiger partial charge >= 0.3 is 0 Å². The number of aryl methyl sites for hydroxylation is 1.